The van der Waals surface area contributed by atoms with Crippen molar-refractivity contribution in [3.05, 3.63) is 35.4 Å². The van der Waals surface area contributed by atoms with Crippen molar-refractivity contribution in [2.75, 3.05) is 34.2 Å². The third-order valence-corrected chi connectivity index (χ3v) is 5.11. The van der Waals surface area contributed by atoms with Crippen LogP contribution in [0.1, 0.15) is 48.5 Å². The highest BCUT2D eigenvalue weighted by Crippen LogP contribution is 2.27. The average Bonchev–Trinajstić information content (AvgIpc) is 2.64. The number of nitrogens with one attached hydrogen (secondary N) is 2. The van der Waals surface area contributed by atoms with E-state index in [0.29, 0.717) is 0 Å². The zero-order chi connectivity index (χ0) is 18.9. The third-order valence-electron chi connectivity index (χ3n) is 5.11. The molecule has 2 atom stereocenters. The molecule has 2 rings (SSSR count). The van der Waals surface area contributed by atoms with Crippen molar-refractivity contribution in [3.63, 3.8) is 0 Å². The molecule has 27 heavy (non-hydrogen) atoms. The van der Waals surface area contributed by atoms with Crippen LogP contribution < -0.4 is 10.6 Å². The number of guanidine groups is 1. The molecule has 0 aliphatic heterocycles. The lowest BCUT2D eigenvalue weighted by atomic mass is 9.82. The molecule has 2 unspecified atom stereocenters. The van der Waals surface area contributed by atoms with Gasteiger partial charge < -0.3 is 15.5 Å². The van der Waals surface area contributed by atoms with Gasteiger partial charge in [-0.2, -0.15) is 0 Å². The predicted octanol–water partition coefficient (Wildman–Crippen LogP) is 3.54. The molecule has 0 spiro atoms. The Labute approximate surface area is 181 Å². The Morgan fingerprint density at radius 3 is 2.70 bits per heavy atom. The van der Waals surface area contributed by atoms with E-state index in [9.17, 15) is 4.79 Å². The summed E-state index contributed by atoms with van der Waals surface area (Å²) >= 11 is 0. The first-order valence-corrected chi connectivity index (χ1v) is 9.74. The molecule has 1 fully saturated rings. The van der Waals surface area contributed by atoms with Crippen LogP contribution in [0.4, 0.5) is 0 Å². The second-order valence-corrected chi connectivity index (χ2v) is 7.67. The molecule has 0 radical (unpaired) electrons. The molecular formula is C21H35IN4O. The van der Waals surface area contributed by atoms with E-state index in [4.69, 9.17) is 0 Å². The fraction of sp³-hybridized carbons (Fsp3) is 0.619. The molecule has 1 aromatic carbocycles. The maximum Gasteiger partial charge on any atom is 0.253 e. The first-order valence-electron chi connectivity index (χ1n) is 9.74. The minimum Gasteiger partial charge on any atom is -0.356 e. The number of aliphatic imine (C=N–C) groups is 1. The summed E-state index contributed by atoms with van der Waals surface area (Å²) in [6.07, 6.45) is 6.22. The summed E-state index contributed by atoms with van der Waals surface area (Å²) in [6, 6.07) is 7.85. The molecule has 0 saturated heterocycles. The summed E-state index contributed by atoms with van der Waals surface area (Å²) < 4.78 is 0. The third kappa shape index (κ3) is 8.07. The largest absolute Gasteiger partial charge is 0.356 e. The number of rotatable bonds is 6. The Morgan fingerprint density at radius 1 is 1.26 bits per heavy atom. The molecule has 0 bridgehead atoms. The molecule has 1 amide bonds. The number of benzene rings is 1. The zero-order valence-corrected chi connectivity index (χ0v) is 19.5. The van der Waals surface area contributed by atoms with Crippen molar-refractivity contribution in [3.8, 4) is 0 Å². The standard InChI is InChI=1S/C21H34N4O.HI/c1-16-7-5-9-18(13-16)15-24-21(22-2)23-12-11-17-8-6-10-19(14-17)20(26)25(3)4;/h6,8,10,14,16,18H,5,7,9,11-13,15H2,1-4H3,(H2,22,23,24);1H. The van der Waals surface area contributed by atoms with Gasteiger partial charge in [0, 0.05) is 39.8 Å². The molecule has 1 aromatic rings. The molecule has 1 saturated carbocycles. The number of carbonyl (C=O) groups is 1. The van der Waals surface area contributed by atoms with Crippen molar-refractivity contribution in [1.82, 2.24) is 15.5 Å². The summed E-state index contributed by atoms with van der Waals surface area (Å²) in [7, 11) is 5.37. The van der Waals surface area contributed by atoms with Gasteiger partial charge >= 0.3 is 0 Å². The number of carbonyl (C=O) groups excluding carboxylic acids is 1. The van der Waals surface area contributed by atoms with Crippen molar-refractivity contribution in [2.24, 2.45) is 16.8 Å². The Morgan fingerprint density at radius 2 is 2.04 bits per heavy atom. The van der Waals surface area contributed by atoms with Gasteiger partial charge in [-0.3, -0.25) is 9.79 Å². The number of amides is 1. The van der Waals surface area contributed by atoms with Gasteiger partial charge in [0.25, 0.3) is 5.91 Å². The highest BCUT2D eigenvalue weighted by Gasteiger charge is 2.18. The quantitative estimate of drug-likeness (QED) is 0.368. The van der Waals surface area contributed by atoms with Crippen molar-refractivity contribution in [2.45, 2.75) is 39.0 Å². The maximum atomic E-state index is 12.1. The summed E-state index contributed by atoms with van der Waals surface area (Å²) in [5, 5.41) is 6.85. The van der Waals surface area contributed by atoms with Gasteiger partial charge in [-0.15, -0.1) is 24.0 Å². The van der Waals surface area contributed by atoms with Crippen LogP contribution in [-0.2, 0) is 6.42 Å². The normalized spacial score (nSPS) is 19.8. The van der Waals surface area contributed by atoms with Crippen LogP contribution in [-0.4, -0.2) is 51.0 Å². The molecule has 5 nitrogen and oxygen atoms in total. The molecule has 1 aliphatic rings. The molecular weight excluding hydrogens is 451 g/mol. The molecule has 152 valence electrons. The first kappa shape index (κ1) is 23.7. The van der Waals surface area contributed by atoms with Gasteiger partial charge in [-0.05, 0) is 48.8 Å². The second kappa shape index (κ2) is 12.2. The van der Waals surface area contributed by atoms with Crippen LogP contribution in [0.2, 0.25) is 0 Å². The van der Waals surface area contributed by atoms with Crippen molar-refractivity contribution >= 4 is 35.8 Å². The van der Waals surface area contributed by atoms with Crippen LogP contribution >= 0.6 is 24.0 Å². The molecule has 0 heterocycles. The highest BCUT2D eigenvalue weighted by molar-refractivity contribution is 14.0. The van der Waals surface area contributed by atoms with E-state index in [1.54, 1.807) is 19.0 Å². The molecule has 2 N–H and O–H groups in total. The monoisotopic (exact) mass is 486 g/mol. The Hall–Kier alpha value is -1.31. The van der Waals surface area contributed by atoms with Gasteiger partial charge in [0.2, 0.25) is 0 Å². The Bertz CT molecular complexity index is 618. The number of hydrogen-bond donors (Lipinski definition) is 2. The SMILES string of the molecule is CN=C(NCCc1cccc(C(=O)N(C)C)c1)NCC1CCCC(C)C1.I. The summed E-state index contributed by atoms with van der Waals surface area (Å²) in [5.41, 5.74) is 1.89. The molecule has 6 heteroatoms. The van der Waals surface area contributed by atoms with Crippen LogP contribution in [0.15, 0.2) is 29.3 Å². The van der Waals surface area contributed by atoms with Crippen LogP contribution in [0.3, 0.4) is 0 Å². The van der Waals surface area contributed by atoms with E-state index >= 15 is 0 Å². The van der Waals surface area contributed by atoms with E-state index in [1.807, 2.05) is 25.2 Å². The fourth-order valence-electron chi connectivity index (χ4n) is 3.65. The number of hydrogen-bond acceptors (Lipinski definition) is 2. The summed E-state index contributed by atoms with van der Waals surface area (Å²) in [6.45, 7) is 4.14. The number of halogens is 1. The first-order chi connectivity index (χ1) is 12.5. The molecule has 1 aliphatic carbocycles. The van der Waals surface area contributed by atoms with Crippen molar-refractivity contribution in [1.29, 1.82) is 0 Å². The maximum absolute atomic E-state index is 12.1. The van der Waals surface area contributed by atoms with E-state index in [1.165, 1.54) is 25.7 Å². The van der Waals surface area contributed by atoms with E-state index in [2.05, 4.69) is 28.6 Å². The zero-order valence-electron chi connectivity index (χ0n) is 17.1. The minimum absolute atomic E-state index is 0. The van der Waals surface area contributed by atoms with Crippen LogP contribution in [0, 0.1) is 11.8 Å². The molecule has 0 aromatic heterocycles. The summed E-state index contributed by atoms with van der Waals surface area (Å²) in [5.74, 6) is 2.51. The highest BCUT2D eigenvalue weighted by atomic mass is 127. The van der Waals surface area contributed by atoms with Gasteiger partial charge in [0.1, 0.15) is 0 Å². The van der Waals surface area contributed by atoms with Gasteiger partial charge in [0.15, 0.2) is 5.96 Å². The van der Waals surface area contributed by atoms with Crippen molar-refractivity contribution < 1.29 is 4.79 Å². The van der Waals surface area contributed by atoms with E-state index in [-0.39, 0.29) is 29.9 Å². The van der Waals surface area contributed by atoms with Crippen LogP contribution in [0.25, 0.3) is 0 Å². The van der Waals surface area contributed by atoms with E-state index < -0.39 is 0 Å². The summed E-state index contributed by atoms with van der Waals surface area (Å²) in [4.78, 5) is 18.0. The lowest BCUT2D eigenvalue weighted by Gasteiger charge is -2.27. The second-order valence-electron chi connectivity index (χ2n) is 7.67. The lowest BCUT2D eigenvalue weighted by molar-refractivity contribution is 0.0827. The van der Waals surface area contributed by atoms with Gasteiger partial charge in [0.05, 0.1) is 0 Å². The Kier molecular flexibility index (Phi) is 10.7. The average molecular weight is 486 g/mol. The number of nitrogens with zero attached hydrogens (tertiary/aromatic N) is 2. The predicted molar refractivity (Wildman–Crippen MR) is 124 cm³/mol. The van der Waals surface area contributed by atoms with Gasteiger partial charge in [-0.1, -0.05) is 31.9 Å². The topological polar surface area (TPSA) is 56.7 Å². The minimum atomic E-state index is 0. The lowest BCUT2D eigenvalue weighted by Crippen LogP contribution is -2.41. The fourth-order valence-corrected chi connectivity index (χ4v) is 3.65. The smallest absolute Gasteiger partial charge is 0.253 e. The Balaban J connectivity index is 0.00000364. The van der Waals surface area contributed by atoms with E-state index in [0.717, 1.165) is 48.4 Å². The van der Waals surface area contributed by atoms with Gasteiger partial charge in [-0.25, -0.2) is 0 Å². The van der Waals surface area contributed by atoms with Crippen LogP contribution in [0.5, 0.6) is 0 Å².